The van der Waals surface area contributed by atoms with Gasteiger partial charge in [-0.3, -0.25) is 0 Å². The summed E-state index contributed by atoms with van der Waals surface area (Å²) in [5, 5.41) is 0. The Morgan fingerprint density at radius 1 is 1.17 bits per heavy atom. The van der Waals surface area contributed by atoms with E-state index in [1.165, 1.54) is 0 Å². The van der Waals surface area contributed by atoms with E-state index in [4.69, 9.17) is 0 Å². The minimum atomic E-state index is -0.711. The number of rotatable bonds is 1. The van der Waals surface area contributed by atoms with Crippen LogP contribution in [0.1, 0.15) is 6.92 Å². The fourth-order valence-electron chi connectivity index (χ4n) is 0.527. The van der Waals surface area contributed by atoms with Gasteiger partial charge in [-0.05, 0) is 6.92 Å². The van der Waals surface area contributed by atoms with E-state index in [0.29, 0.717) is 6.61 Å². The van der Waals surface area contributed by atoms with Gasteiger partial charge in [-0.1, -0.05) is 36.4 Å². The van der Waals surface area contributed by atoms with Gasteiger partial charge < -0.3 is 10.5 Å². The molecule has 0 radical (unpaired) electrons. The molecule has 0 spiro atoms. The maximum atomic E-state index is 9.60. The van der Waals surface area contributed by atoms with Gasteiger partial charge in [0, 0.05) is 0 Å². The number of nitrogens with two attached hydrogens (primary N) is 1. The standard InChI is InChI=1S/C6H6.C3H7NO2/c1-2-4-6-5-3-1;1-2-6-3(4)5/h1-6H;2H2,1H3,(H2,4,5). The third kappa shape index (κ3) is 8.49. The van der Waals surface area contributed by atoms with Crippen molar-refractivity contribution in [2.24, 2.45) is 5.73 Å². The van der Waals surface area contributed by atoms with Crippen molar-refractivity contribution in [2.45, 2.75) is 6.92 Å². The van der Waals surface area contributed by atoms with Crippen molar-refractivity contribution < 1.29 is 9.53 Å². The Labute approximate surface area is 72.1 Å². The lowest BCUT2D eigenvalue weighted by Crippen LogP contribution is -2.11. The first kappa shape index (κ1) is 10.5. The van der Waals surface area contributed by atoms with Crippen LogP contribution >= 0.6 is 0 Å². The van der Waals surface area contributed by atoms with Gasteiger partial charge in [0.25, 0.3) is 0 Å². The number of hydrogen-bond acceptors (Lipinski definition) is 2. The van der Waals surface area contributed by atoms with Crippen molar-refractivity contribution in [3.63, 3.8) is 0 Å². The molecule has 0 aromatic heterocycles. The van der Waals surface area contributed by atoms with Crippen LogP contribution in [-0.2, 0) is 4.74 Å². The molecule has 0 fully saturated rings. The molecule has 0 atom stereocenters. The molecule has 0 bridgehead atoms. The van der Waals surface area contributed by atoms with Crippen LogP contribution in [-0.4, -0.2) is 12.7 Å². The molecule has 66 valence electrons. The molecule has 2 N–H and O–H groups in total. The molecule has 0 aliphatic rings. The Kier molecular flexibility index (Phi) is 6.64. The maximum Gasteiger partial charge on any atom is 0.404 e. The van der Waals surface area contributed by atoms with E-state index in [0.717, 1.165) is 0 Å². The molecular formula is C9H13NO2. The van der Waals surface area contributed by atoms with E-state index >= 15 is 0 Å². The number of amides is 1. The summed E-state index contributed by atoms with van der Waals surface area (Å²) in [6.45, 7) is 2.06. The van der Waals surface area contributed by atoms with Gasteiger partial charge in [-0.15, -0.1) is 0 Å². The van der Waals surface area contributed by atoms with Crippen LogP contribution < -0.4 is 5.73 Å². The first-order valence-electron chi connectivity index (χ1n) is 3.69. The van der Waals surface area contributed by atoms with Crippen molar-refractivity contribution in [1.29, 1.82) is 0 Å². The third-order valence-electron chi connectivity index (χ3n) is 0.953. The van der Waals surface area contributed by atoms with Gasteiger partial charge in [0.1, 0.15) is 0 Å². The number of carbonyl (C=O) groups is 1. The van der Waals surface area contributed by atoms with Crippen LogP contribution in [0.5, 0.6) is 0 Å². The Morgan fingerprint density at radius 2 is 1.50 bits per heavy atom. The average molecular weight is 167 g/mol. The molecule has 1 aromatic carbocycles. The second-order valence-electron chi connectivity index (χ2n) is 1.91. The highest BCUT2D eigenvalue weighted by Crippen LogP contribution is 1.79. The largest absolute Gasteiger partial charge is 0.450 e. The summed E-state index contributed by atoms with van der Waals surface area (Å²) in [6.07, 6.45) is -0.711. The zero-order valence-electron chi connectivity index (χ0n) is 7.07. The van der Waals surface area contributed by atoms with Crippen LogP contribution in [0.25, 0.3) is 0 Å². The summed E-state index contributed by atoms with van der Waals surface area (Å²) in [7, 11) is 0. The second-order valence-corrected chi connectivity index (χ2v) is 1.91. The molecule has 12 heavy (non-hydrogen) atoms. The lowest BCUT2D eigenvalue weighted by atomic mass is 10.4. The highest BCUT2D eigenvalue weighted by atomic mass is 16.5. The summed E-state index contributed by atoms with van der Waals surface area (Å²) in [5.74, 6) is 0. The summed E-state index contributed by atoms with van der Waals surface area (Å²) in [5.41, 5.74) is 4.54. The van der Waals surface area contributed by atoms with Crippen molar-refractivity contribution in [1.82, 2.24) is 0 Å². The number of ether oxygens (including phenoxy) is 1. The Hall–Kier alpha value is -1.51. The van der Waals surface area contributed by atoms with Gasteiger partial charge in [-0.2, -0.15) is 0 Å². The first-order valence-corrected chi connectivity index (χ1v) is 3.69. The molecule has 0 aliphatic carbocycles. The topological polar surface area (TPSA) is 52.3 Å². The van der Waals surface area contributed by atoms with Gasteiger partial charge >= 0.3 is 6.09 Å². The molecule has 0 heterocycles. The van der Waals surface area contributed by atoms with Crippen LogP contribution in [0.3, 0.4) is 0 Å². The normalized spacial score (nSPS) is 7.75. The fraction of sp³-hybridized carbons (Fsp3) is 0.222. The number of carbonyl (C=O) groups excluding carboxylic acids is 1. The molecule has 3 nitrogen and oxygen atoms in total. The minimum absolute atomic E-state index is 0.356. The smallest absolute Gasteiger partial charge is 0.404 e. The fourth-order valence-corrected chi connectivity index (χ4v) is 0.527. The van der Waals surface area contributed by atoms with E-state index in [1.54, 1.807) is 6.92 Å². The Morgan fingerprint density at radius 3 is 1.58 bits per heavy atom. The maximum absolute atomic E-state index is 9.60. The number of benzene rings is 1. The summed E-state index contributed by atoms with van der Waals surface area (Å²) in [6, 6.07) is 12.0. The predicted molar refractivity (Wildman–Crippen MR) is 47.7 cm³/mol. The van der Waals surface area contributed by atoms with Crippen molar-refractivity contribution in [2.75, 3.05) is 6.61 Å². The number of primary amides is 1. The van der Waals surface area contributed by atoms with Crippen LogP contribution in [0.2, 0.25) is 0 Å². The van der Waals surface area contributed by atoms with E-state index in [9.17, 15) is 4.79 Å². The molecule has 1 rings (SSSR count). The summed E-state index contributed by atoms with van der Waals surface area (Å²) in [4.78, 5) is 9.60. The summed E-state index contributed by atoms with van der Waals surface area (Å²) < 4.78 is 4.18. The molecular weight excluding hydrogens is 154 g/mol. The highest BCUT2D eigenvalue weighted by Gasteiger charge is 1.82. The van der Waals surface area contributed by atoms with Gasteiger partial charge in [0.15, 0.2) is 0 Å². The lowest BCUT2D eigenvalue weighted by molar-refractivity contribution is 0.163. The van der Waals surface area contributed by atoms with E-state index in [1.807, 2.05) is 36.4 Å². The van der Waals surface area contributed by atoms with Gasteiger partial charge in [0.2, 0.25) is 0 Å². The van der Waals surface area contributed by atoms with Crippen LogP contribution in [0.4, 0.5) is 4.79 Å². The zero-order valence-corrected chi connectivity index (χ0v) is 7.07. The van der Waals surface area contributed by atoms with Gasteiger partial charge in [-0.25, -0.2) is 4.79 Å². The van der Waals surface area contributed by atoms with Crippen molar-refractivity contribution in [3.8, 4) is 0 Å². The molecule has 0 unspecified atom stereocenters. The van der Waals surface area contributed by atoms with E-state index < -0.39 is 6.09 Å². The zero-order chi connectivity index (χ0) is 9.23. The van der Waals surface area contributed by atoms with Crippen LogP contribution in [0.15, 0.2) is 36.4 Å². The average Bonchev–Trinajstić information content (AvgIpc) is 2.08. The lowest BCUT2D eigenvalue weighted by Gasteiger charge is -1.89. The minimum Gasteiger partial charge on any atom is -0.450 e. The quantitative estimate of drug-likeness (QED) is 0.693. The van der Waals surface area contributed by atoms with Crippen molar-refractivity contribution >= 4 is 6.09 Å². The monoisotopic (exact) mass is 167 g/mol. The molecule has 0 saturated carbocycles. The summed E-state index contributed by atoms with van der Waals surface area (Å²) >= 11 is 0. The Bertz CT molecular complexity index is 172. The second kappa shape index (κ2) is 7.60. The molecule has 0 aliphatic heterocycles. The van der Waals surface area contributed by atoms with E-state index in [2.05, 4.69) is 10.5 Å². The highest BCUT2D eigenvalue weighted by molar-refractivity contribution is 5.64. The molecule has 1 amide bonds. The predicted octanol–water partition coefficient (Wildman–Crippen LogP) is 1.79. The van der Waals surface area contributed by atoms with Crippen molar-refractivity contribution in [3.05, 3.63) is 36.4 Å². The third-order valence-corrected chi connectivity index (χ3v) is 0.953. The first-order chi connectivity index (χ1) is 5.77. The van der Waals surface area contributed by atoms with Crippen LogP contribution in [0, 0.1) is 0 Å². The van der Waals surface area contributed by atoms with E-state index in [-0.39, 0.29) is 0 Å². The SMILES string of the molecule is CCOC(N)=O.c1ccccc1. The Balaban J connectivity index is 0.000000202. The van der Waals surface area contributed by atoms with Gasteiger partial charge in [0.05, 0.1) is 6.61 Å². The molecule has 3 heteroatoms. The number of hydrogen-bond donors (Lipinski definition) is 1. The molecule has 1 aromatic rings. The molecule has 0 saturated heterocycles.